The number of hydrogen-bond acceptors (Lipinski definition) is 4. The minimum Gasteiger partial charge on any atom is -0.491 e. The number of carbonyl (C=O) groups excluding carboxylic acids is 1. The standard InChI is InChI=1S/C21H25NO3/c1-14(2)17-6-8-18(9-7-17)16(5)22-25-21(23)19-10-12-20(13-11-19)24-15(3)4/h6-15H,1-5H3/b22-16+. The molecular weight excluding hydrogens is 314 g/mol. The van der Waals surface area contributed by atoms with Crippen LogP contribution in [0.25, 0.3) is 0 Å². The highest BCUT2D eigenvalue weighted by Crippen LogP contribution is 2.16. The lowest BCUT2D eigenvalue weighted by Crippen LogP contribution is -2.07. The smallest absolute Gasteiger partial charge is 0.365 e. The van der Waals surface area contributed by atoms with Crippen LogP contribution in [0.4, 0.5) is 0 Å². The van der Waals surface area contributed by atoms with E-state index in [0.717, 1.165) is 11.3 Å². The van der Waals surface area contributed by atoms with Crippen molar-refractivity contribution in [2.45, 2.75) is 46.6 Å². The van der Waals surface area contributed by atoms with Gasteiger partial charge < -0.3 is 9.57 Å². The summed E-state index contributed by atoms with van der Waals surface area (Å²) in [4.78, 5) is 17.1. The van der Waals surface area contributed by atoms with Crippen LogP contribution in [0.5, 0.6) is 5.75 Å². The van der Waals surface area contributed by atoms with Crippen LogP contribution in [0.15, 0.2) is 53.7 Å². The van der Waals surface area contributed by atoms with Gasteiger partial charge in [0.05, 0.1) is 17.4 Å². The van der Waals surface area contributed by atoms with Gasteiger partial charge in [0.15, 0.2) is 0 Å². The SMILES string of the molecule is C/C(=N\OC(=O)c1ccc(OC(C)C)cc1)c1ccc(C(C)C)cc1. The third-order valence-corrected chi connectivity index (χ3v) is 3.72. The summed E-state index contributed by atoms with van der Waals surface area (Å²) in [7, 11) is 0. The monoisotopic (exact) mass is 339 g/mol. The molecule has 0 saturated carbocycles. The van der Waals surface area contributed by atoms with E-state index in [9.17, 15) is 4.79 Å². The van der Waals surface area contributed by atoms with Gasteiger partial charge in [-0.2, -0.15) is 0 Å². The van der Waals surface area contributed by atoms with Gasteiger partial charge >= 0.3 is 5.97 Å². The first-order valence-electron chi connectivity index (χ1n) is 8.50. The van der Waals surface area contributed by atoms with E-state index in [1.165, 1.54) is 5.56 Å². The van der Waals surface area contributed by atoms with Gasteiger partial charge in [-0.3, -0.25) is 0 Å². The number of nitrogens with zero attached hydrogens (tertiary/aromatic N) is 1. The normalized spacial score (nSPS) is 11.7. The highest BCUT2D eigenvalue weighted by atomic mass is 16.7. The first-order chi connectivity index (χ1) is 11.9. The molecule has 0 radical (unpaired) electrons. The average molecular weight is 339 g/mol. The van der Waals surface area contributed by atoms with Gasteiger partial charge in [-0.15, -0.1) is 0 Å². The van der Waals surface area contributed by atoms with Crippen LogP contribution in [0.3, 0.4) is 0 Å². The van der Waals surface area contributed by atoms with E-state index >= 15 is 0 Å². The molecule has 0 aromatic heterocycles. The summed E-state index contributed by atoms with van der Waals surface area (Å²) in [6, 6.07) is 14.9. The molecule has 132 valence electrons. The third kappa shape index (κ3) is 5.45. The predicted molar refractivity (Wildman–Crippen MR) is 100 cm³/mol. The Morgan fingerprint density at radius 1 is 0.880 bits per heavy atom. The van der Waals surface area contributed by atoms with E-state index in [0.29, 0.717) is 17.2 Å². The van der Waals surface area contributed by atoms with Gasteiger partial charge in [-0.1, -0.05) is 43.3 Å². The topological polar surface area (TPSA) is 47.9 Å². The molecule has 0 aliphatic rings. The Hall–Kier alpha value is -2.62. The third-order valence-electron chi connectivity index (χ3n) is 3.72. The molecular formula is C21H25NO3. The second kappa shape index (κ2) is 8.47. The second-order valence-electron chi connectivity index (χ2n) is 6.52. The maximum atomic E-state index is 12.1. The number of rotatable bonds is 6. The molecule has 0 spiro atoms. The first-order valence-corrected chi connectivity index (χ1v) is 8.50. The maximum Gasteiger partial charge on any atom is 0.365 e. The summed E-state index contributed by atoms with van der Waals surface area (Å²) in [6.07, 6.45) is 0.0899. The molecule has 0 unspecified atom stereocenters. The van der Waals surface area contributed by atoms with Crippen molar-refractivity contribution in [1.29, 1.82) is 0 Å². The Bertz CT molecular complexity index is 729. The largest absolute Gasteiger partial charge is 0.491 e. The van der Waals surface area contributed by atoms with Crippen molar-refractivity contribution in [3.05, 3.63) is 65.2 Å². The Morgan fingerprint density at radius 2 is 1.44 bits per heavy atom. The van der Waals surface area contributed by atoms with Crippen molar-refractivity contribution in [1.82, 2.24) is 0 Å². The van der Waals surface area contributed by atoms with Gasteiger partial charge in [-0.05, 0) is 62.1 Å². The second-order valence-corrected chi connectivity index (χ2v) is 6.52. The van der Waals surface area contributed by atoms with Crippen molar-refractivity contribution in [3.8, 4) is 5.75 Å². The van der Waals surface area contributed by atoms with E-state index in [1.54, 1.807) is 24.3 Å². The van der Waals surface area contributed by atoms with Gasteiger partial charge in [-0.25, -0.2) is 4.79 Å². The van der Waals surface area contributed by atoms with Crippen LogP contribution in [0.1, 0.15) is 62.0 Å². The van der Waals surface area contributed by atoms with Crippen LogP contribution in [0, 0.1) is 0 Å². The van der Waals surface area contributed by atoms with E-state index in [-0.39, 0.29) is 6.10 Å². The zero-order valence-corrected chi connectivity index (χ0v) is 15.4. The van der Waals surface area contributed by atoms with E-state index in [4.69, 9.17) is 9.57 Å². The molecule has 4 nitrogen and oxygen atoms in total. The molecule has 25 heavy (non-hydrogen) atoms. The van der Waals surface area contributed by atoms with Gasteiger partial charge in [0.2, 0.25) is 0 Å². The van der Waals surface area contributed by atoms with Crippen LogP contribution < -0.4 is 4.74 Å². The molecule has 0 heterocycles. The first kappa shape index (κ1) is 18.7. The quantitative estimate of drug-likeness (QED) is 0.414. The van der Waals surface area contributed by atoms with Crippen LogP contribution >= 0.6 is 0 Å². The predicted octanol–water partition coefficient (Wildman–Crippen LogP) is 5.18. The molecule has 0 amide bonds. The summed E-state index contributed by atoms with van der Waals surface area (Å²) in [5.41, 5.74) is 3.28. The van der Waals surface area contributed by atoms with Crippen molar-refractivity contribution in [3.63, 3.8) is 0 Å². The van der Waals surface area contributed by atoms with Gasteiger partial charge in [0.1, 0.15) is 5.75 Å². The summed E-state index contributed by atoms with van der Waals surface area (Å²) in [5, 5.41) is 3.95. The van der Waals surface area contributed by atoms with Crippen LogP contribution in [0.2, 0.25) is 0 Å². The molecule has 2 rings (SSSR count). The van der Waals surface area contributed by atoms with E-state index in [1.807, 2.05) is 32.9 Å². The molecule has 0 atom stereocenters. The molecule has 0 fully saturated rings. The zero-order chi connectivity index (χ0) is 18.4. The Kier molecular flexibility index (Phi) is 6.34. The van der Waals surface area contributed by atoms with Crippen LogP contribution in [-0.2, 0) is 4.84 Å². The zero-order valence-electron chi connectivity index (χ0n) is 15.4. The molecule has 4 heteroatoms. The molecule has 2 aromatic carbocycles. The minimum absolute atomic E-state index is 0.0899. The van der Waals surface area contributed by atoms with Crippen molar-refractivity contribution < 1.29 is 14.4 Å². The molecule has 0 aliphatic carbocycles. The minimum atomic E-state index is -0.491. The summed E-state index contributed by atoms with van der Waals surface area (Å²) < 4.78 is 5.55. The highest BCUT2D eigenvalue weighted by Gasteiger charge is 2.09. The Balaban J connectivity index is 2.00. The number of benzene rings is 2. The number of oxime groups is 1. The van der Waals surface area contributed by atoms with Crippen molar-refractivity contribution in [2.75, 3.05) is 0 Å². The fourth-order valence-corrected chi connectivity index (χ4v) is 2.27. The van der Waals surface area contributed by atoms with Crippen molar-refractivity contribution in [2.24, 2.45) is 5.16 Å². The molecule has 0 aliphatic heterocycles. The Labute approximate surface area is 149 Å². The van der Waals surface area contributed by atoms with Gasteiger partial charge in [0, 0.05) is 0 Å². The Morgan fingerprint density at radius 3 is 1.96 bits per heavy atom. The summed E-state index contributed by atoms with van der Waals surface area (Å²) in [5.74, 6) is 0.706. The molecule has 0 bridgehead atoms. The lowest BCUT2D eigenvalue weighted by atomic mass is 10.0. The average Bonchev–Trinajstić information content (AvgIpc) is 2.59. The number of carbonyl (C=O) groups is 1. The molecule has 0 N–H and O–H groups in total. The molecule has 0 saturated heterocycles. The summed E-state index contributed by atoms with van der Waals surface area (Å²) in [6.45, 7) is 10.0. The maximum absolute atomic E-state index is 12.1. The fraction of sp³-hybridized carbons (Fsp3) is 0.333. The van der Waals surface area contributed by atoms with Crippen molar-refractivity contribution >= 4 is 11.7 Å². The fourth-order valence-electron chi connectivity index (χ4n) is 2.27. The highest BCUT2D eigenvalue weighted by molar-refractivity contribution is 5.99. The summed E-state index contributed by atoms with van der Waals surface area (Å²) >= 11 is 0. The lowest BCUT2D eigenvalue weighted by molar-refractivity contribution is 0.0516. The van der Waals surface area contributed by atoms with Crippen LogP contribution in [-0.4, -0.2) is 17.8 Å². The number of ether oxygens (including phenoxy) is 1. The van der Waals surface area contributed by atoms with E-state index in [2.05, 4.69) is 31.1 Å². The van der Waals surface area contributed by atoms with Gasteiger partial charge in [0.25, 0.3) is 0 Å². The number of hydrogen-bond donors (Lipinski definition) is 0. The van der Waals surface area contributed by atoms with E-state index < -0.39 is 5.97 Å². The lowest BCUT2D eigenvalue weighted by Gasteiger charge is -2.09. The molecule has 2 aromatic rings.